The van der Waals surface area contributed by atoms with Gasteiger partial charge in [0.25, 0.3) is 11.1 Å². The lowest BCUT2D eigenvalue weighted by molar-refractivity contribution is 0.0831. The number of nitrogens with zero attached hydrogens (tertiary/aromatic N) is 11. The normalized spacial score (nSPS) is 23.0. The summed E-state index contributed by atoms with van der Waals surface area (Å²) in [4.78, 5) is 58.1. The monoisotopic (exact) mass is 798 g/mol. The fourth-order valence-corrected chi connectivity index (χ4v) is 8.18. The summed E-state index contributed by atoms with van der Waals surface area (Å²) in [5.74, 6) is 5.67. The number of aromatic nitrogens is 12. The van der Waals surface area contributed by atoms with Gasteiger partial charge in [-0.1, -0.05) is 13.8 Å². The summed E-state index contributed by atoms with van der Waals surface area (Å²) in [7, 11) is 0. The summed E-state index contributed by atoms with van der Waals surface area (Å²) in [5, 5.41) is 13.2. The third kappa shape index (κ3) is 8.58. The minimum atomic E-state index is -0.141. The van der Waals surface area contributed by atoms with Gasteiger partial charge in [0.1, 0.15) is 23.3 Å². The highest BCUT2D eigenvalue weighted by Gasteiger charge is 2.35. The zero-order chi connectivity index (χ0) is 39.3. The lowest BCUT2D eigenvalue weighted by Gasteiger charge is -2.21. The van der Waals surface area contributed by atoms with Gasteiger partial charge in [-0.2, -0.15) is 10.2 Å². The molecule has 0 amide bonds. The van der Waals surface area contributed by atoms with Crippen molar-refractivity contribution in [1.29, 1.82) is 0 Å². The Labute approximate surface area is 332 Å². The van der Waals surface area contributed by atoms with E-state index < -0.39 is 0 Å². The Bertz CT molecular complexity index is 2360. The van der Waals surface area contributed by atoms with Gasteiger partial charge in [0.2, 0.25) is 11.2 Å². The quantitative estimate of drug-likeness (QED) is 0.214. The summed E-state index contributed by atoms with van der Waals surface area (Å²) in [6, 6.07) is 3.52. The molecule has 4 aliphatic heterocycles. The molecular weight excluding hydrogens is 752 g/mol. The number of fused-ring (bicyclic) bond motifs is 2. The molecule has 0 radical (unpaired) electrons. The highest BCUT2D eigenvalue weighted by Crippen LogP contribution is 2.33. The van der Waals surface area contributed by atoms with E-state index in [0.717, 1.165) is 95.8 Å². The molecule has 0 aromatic carbocycles. The molecule has 0 saturated carbocycles. The van der Waals surface area contributed by atoms with Crippen LogP contribution in [0.25, 0.3) is 11.0 Å². The number of aromatic amines is 2. The number of nitrogens with one attached hydrogen (secondary N) is 3. The van der Waals surface area contributed by atoms with E-state index in [1.54, 1.807) is 52.3 Å². The summed E-state index contributed by atoms with van der Waals surface area (Å²) in [6.45, 7) is 10.7. The molecule has 4 fully saturated rings. The number of hydrogen-bond acceptors (Lipinski definition) is 14. The molecule has 10 rings (SSSR count). The maximum atomic E-state index is 12.7. The van der Waals surface area contributed by atoms with Gasteiger partial charge in [-0.15, -0.1) is 0 Å². The van der Waals surface area contributed by atoms with Crippen molar-refractivity contribution < 1.29 is 9.47 Å². The standard InChI is InChI=1S/C19H23N7O2.C15H21N5O2.C4H3ClN2/c1-12-10-25(19-20-5-2-6-21-19)11-14(12)16-23-18(27)15-9-22-17(26(15)24-16)13-3-7-28-8-4-13;1-9-6-16-7-11(9)13-18-15(21)12-8-17-14(20(12)19-13)10-2-4-22-5-3-10;5-4-6-2-1-3-7-4/h2,5-6,9,12-14H,3-4,7-8,10-11H2,1H3,(H,23,24,27);8-11,16H,2-7H2,1H3,(H,18,19,21);1-3H. The number of imidazole rings is 2. The zero-order valence-corrected chi connectivity index (χ0v) is 32.8. The summed E-state index contributed by atoms with van der Waals surface area (Å²) < 4.78 is 14.4. The van der Waals surface area contributed by atoms with Crippen LogP contribution in [0.3, 0.4) is 0 Å². The van der Waals surface area contributed by atoms with Crippen molar-refractivity contribution in [1.82, 2.24) is 64.4 Å². The number of rotatable bonds is 5. The van der Waals surface area contributed by atoms with Gasteiger partial charge in [-0.25, -0.2) is 38.9 Å². The van der Waals surface area contributed by atoms with Gasteiger partial charge >= 0.3 is 0 Å². The van der Waals surface area contributed by atoms with Crippen molar-refractivity contribution in [2.75, 3.05) is 57.5 Å². The fourth-order valence-electron chi connectivity index (χ4n) is 8.07. The minimum Gasteiger partial charge on any atom is -0.381 e. The van der Waals surface area contributed by atoms with Gasteiger partial charge in [-0.05, 0) is 67.8 Å². The topological polar surface area (TPSA) is 211 Å². The fraction of sp³-hybridized carbons (Fsp3) is 0.526. The van der Waals surface area contributed by atoms with Crippen molar-refractivity contribution in [3.63, 3.8) is 0 Å². The summed E-state index contributed by atoms with van der Waals surface area (Å²) >= 11 is 5.32. The van der Waals surface area contributed by atoms with Crippen LogP contribution in [0.2, 0.25) is 5.28 Å². The third-order valence-corrected chi connectivity index (χ3v) is 11.5. The molecule has 57 heavy (non-hydrogen) atoms. The van der Waals surface area contributed by atoms with Crippen LogP contribution in [-0.2, 0) is 9.47 Å². The van der Waals surface area contributed by atoms with E-state index in [0.29, 0.717) is 45.8 Å². The molecule has 300 valence electrons. The highest BCUT2D eigenvalue weighted by atomic mass is 35.5. The second-order valence-electron chi connectivity index (χ2n) is 15.1. The maximum absolute atomic E-state index is 12.7. The van der Waals surface area contributed by atoms with Gasteiger partial charge in [0, 0.05) is 94.5 Å². The molecule has 18 nitrogen and oxygen atoms in total. The van der Waals surface area contributed by atoms with E-state index >= 15 is 0 Å². The summed E-state index contributed by atoms with van der Waals surface area (Å²) in [5.41, 5.74) is 0.787. The first-order chi connectivity index (χ1) is 27.8. The van der Waals surface area contributed by atoms with Gasteiger partial charge in [-0.3, -0.25) is 9.59 Å². The van der Waals surface area contributed by atoms with Gasteiger partial charge in [0.15, 0.2) is 11.0 Å². The van der Waals surface area contributed by atoms with E-state index in [2.05, 4.69) is 63.9 Å². The Hall–Kier alpha value is -5.17. The highest BCUT2D eigenvalue weighted by molar-refractivity contribution is 6.28. The molecule has 6 aromatic rings. The zero-order valence-electron chi connectivity index (χ0n) is 32.0. The van der Waals surface area contributed by atoms with Crippen LogP contribution >= 0.6 is 11.6 Å². The molecule has 0 bridgehead atoms. The maximum Gasteiger partial charge on any atom is 0.276 e. The lowest BCUT2D eigenvalue weighted by Crippen LogP contribution is -2.24. The molecule has 0 aliphatic carbocycles. The predicted octanol–water partition coefficient (Wildman–Crippen LogP) is 3.11. The second kappa shape index (κ2) is 17.5. The largest absolute Gasteiger partial charge is 0.381 e. The van der Waals surface area contributed by atoms with E-state index in [1.807, 2.05) is 6.07 Å². The third-order valence-electron chi connectivity index (χ3n) is 11.3. The molecule has 6 aromatic heterocycles. The first-order valence-electron chi connectivity index (χ1n) is 19.6. The number of anilines is 1. The molecule has 4 aliphatic rings. The molecule has 3 N–H and O–H groups in total. The Morgan fingerprint density at radius 2 is 1.16 bits per heavy atom. The van der Waals surface area contributed by atoms with Crippen molar-refractivity contribution in [3.8, 4) is 0 Å². The van der Waals surface area contributed by atoms with E-state index in [9.17, 15) is 9.59 Å². The summed E-state index contributed by atoms with van der Waals surface area (Å²) in [6.07, 6.45) is 13.6. The molecule has 10 heterocycles. The second-order valence-corrected chi connectivity index (χ2v) is 15.4. The first-order valence-corrected chi connectivity index (χ1v) is 20.0. The van der Waals surface area contributed by atoms with Crippen molar-refractivity contribution >= 4 is 28.6 Å². The number of ether oxygens (including phenoxy) is 2. The van der Waals surface area contributed by atoms with Crippen LogP contribution in [0.4, 0.5) is 5.95 Å². The average molecular weight is 799 g/mol. The first kappa shape index (κ1) is 38.7. The van der Waals surface area contributed by atoms with Crippen LogP contribution in [-0.4, -0.2) is 112 Å². The van der Waals surface area contributed by atoms with E-state index in [4.69, 9.17) is 31.3 Å². The minimum absolute atomic E-state index is 0.102. The number of hydrogen-bond donors (Lipinski definition) is 3. The molecule has 4 atom stereocenters. The van der Waals surface area contributed by atoms with Crippen LogP contribution in [0.1, 0.15) is 86.5 Å². The Kier molecular flexibility index (Phi) is 11.9. The molecular formula is C38H47ClN14O4. The molecule has 0 spiro atoms. The molecule has 19 heteroatoms. The lowest BCUT2D eigenvalue weighted by atomic mass is 9.97. The number of H-pyrrole nitrogens is 2. The van der Waals surface area contributed by atoms with Crippen molar-refractivity contribution in [3.05, 3.63) is 98.6 Å². The molecule has 4 unspecified atom stereocenters. The SMILES string of the molecule is CC1CN(c2ncccn2)CC1c1nn2c(C3CCOCC3)ncc2c(=O)[nH]1.CC1CNCC1c1nn2c(C3CCOCC3)ncc2c(=O)[nH]1.Clc1ncccn1. The molecule has 4 saturated heterocycles. The Morgan fingerprint density at radius 3 is 1.63 bits per heavy atom. The van der Waals surface area contributed by atoms with Crippen LogP contribution in [0.15, 0.2) is 58.9 Å². The Balaban J connectivity index is 0.000000139. The van der Waals surface area contributed by atoms with Crippen LogP contribution in [0, 0.1) is 11.8 Å². The van der Waals surface area contributed by atoms with E-state index in [-0.39, 0.29) is 28.9 Å². The van der Waals surface area contributed by atoms with Crippen LogP contribution in [0.5, 0.6) is 0 Å². The van der Waals surface area contributed by atoms with Crippen molar-refractivity contribution in [2.45, 2.75) is 63.2 Å². The average Bonchev–Trinajstić information content (AvgIpc) is 4.06. The Morgan fingerprint density at radius 1 is 0.649 bits per heavy atom. The number of halogens is 1. The van der Waals surface area contributed by atoms with E-state index in [1.165, 1.54) is 0 Å². The van der Waals surface area contributed by atoms with Crippen molar-refractivity contribution in [2.24, 2.45) is 11.8 Å². The smallest absolute Gasteiger partial charge is 0.276 e. The van der Waals surface area contributed by atoms with Gasteiger partial charge < -0.3 is 29.7 Å². The predicted molar refractivity (Wildman–Crippen MR) is 211 cm³/mol. The van der Waals surface area contributed by atoms with Gasteiger partial charge in [0.05, 0.1) is 12.4 Å². The van der Waals surface area contributed by atoms with Crippen LogP contribution < -0.4 is 21.3 Å².